The molecule has 0 saturated carbocycles. The number of carbonyl (C=O) groups is 2. The molecule has 0 heterocycles. The maximum atomic E-state index is 11.8. The molecule has 0 bridgehead atoms. The number of rotatable bonds is 6. The van der Waals surface area contributed by atoms with Crippen LogP contribution in [0.3, 0.4) is 0 Å². The minimum Gasteiger partial charge on any atom is -0.480 e. The number of hydrogen-bond donors (Lipinski definition) is 2. The van der Waals surface area contributed by atoms with Crippen LogP contribution in [0.2, 0.25) is 0 Å². The lowest BCUT2D eigenvalue weighted by atomic mass is 9.92. The molecule has 0 fully saturated rings. The molecule has 0 aromatic carbocycles. The molecule has 16 heavy (non-hydrogen) atoms. The average Bonchev–Trinajstić information content (AvgIpc) is 2.16. The molecule has 0 aliphatic heterocycles. The van der Waals surface area contributed by atoms with Crippen molar-refractivity contribution >= 4 is 11.9 Å². The van der Waals surface area contributed by atoms with E-state index in [1.807, 2.05) is 27.7 Å². The molecule has 0 rings (SSSR count). The van der Waals surface area contributed by atoms with Crippen LogP contribution in [0.4, 0.5) is 0 Å². The van der Waals surface area contributed by atoms with Crippen LogP contribution in [0.25, 0.3) is 0 Å². The number of carbonyl (C=O) groups excluding carboxylic acids is 1. The van der Waals surface area contributed by atoms with Gasteiger partial charge in [-0.05, 0) is 19.3 Å². The number of carboxylic acid groups (broad SMARTS) is 1. The van der Waals surface area contributed by atoms with Crippen molar-refractivity contribution in [1.29, 1.82) is 0 Å². The molecule has 0 spiro atoms. The van der Waals surface area contributed by atoms with Crippen molar-refractivity contribution in [3.63, 3.8) is 0 Å². The Morgan fingerprint density at radius 1 is 1.31 bits per heavy atom. The topological polar surface area (TPSA) is 66.4 Å². The number of nitrogens with one attached hydrogen (secondary N) is 1. The fraction of sp³-hybridized carbons (Fsp3) is 0.833. The van der Waals surface area contributed by atoms with E-state index in [2.05, 4.69) is 5.32 Å². The van der Waals surface area contributed by atoms with Crippen LogP contribution in [-0.4, -0.2) is 22.5 Å². The molecule has 0 saturated heterocycles. The van der Waals surface area contributed by atoms with E-state index in [0.29, 0.717) is 6.42 Å². The van der Waals surface area contributed by atoms with E-state index < -0.39 is 11.5 Å². The first kappa shape index (κ1) is 14.9. The smallest absolute Gasteiger partial charge is 0.329 e. The quantitative estimate of drug-likeness (QED) is 0.732. The zero-order valence-electron chi connectivity index (χ0n) is 10.8. The monoisotopic (exact) mass is 229 g/mol. The summed E-state index contributed by atoms with van der Waals surface area (Å²) in [5.41, 5.74) is -1.14. The molecule has 0 aliphatic carbocycles. The minimum absolute atomic E-state index is 0.171. The summed E-state index contributed by atoms with van der Waals surface area (Å²) >= 11 is 0. The maximum absolute atomic E-state index is 11.8. The van der Waals surface area contributed by atoms with E-state index in [1.165, 1.54) is 0 Å². The Labute approximate surface area is 97.4 Å². The lowest BCUT2D eigenvalue weighted by Crippen LogP contribution is -2.53. The Hall–Kier alpha value is -1.06. The van der Waals surface area contributed by atoms with Gasteiger partial charge in [0.05, 0.1) is 0 Å². The first-order valence-electron chi connectivity index (χ1n) is 5.80. The summed E-state index contributed by atoms with van der Waals surface area (Å²) in [6.07, 6.45) is 1.16. The molecule has 94 valence electrons. The highest BCUT2D eigenvalue weighted by molar-refractivity contribution is 5.87. The molecule has 2 N–H and O–H groups in total. The predicted molar refractivity (Wildman–Crippen MR) is 63.1 cm³/mol. The first-order chi connectivity index (χ1) is 7.24. The molecule has 0 radical (unpaired) electrons. The van der Waals surface area contributed by atoms with Gasteiger partial charge in [0.15, 0.2) is 0 Å². The third-order valence-electron chi connectivity index (χ3n) is 3.03. The van der Waals surface area contributed by atoms with Crippen LogP contribution < -0.4 is 5.32 Å². The number of hydrogen-bond acceptors (Lipinski definition) is 2. The van der Waals surface area contributed by atoms with Gasteiger partial charge >= 0.3 is 5.97 Å². The normalized spacial score (nSPS) is 16.6. The molecule has 0 unspecified atom stereocenters. The van der Waals surface area contributed by atoms with E-state index >= 15 is 0 Å². The maximum Gasteiger partial charge on any atom is 0.329 e. The van der Waals surface area contributed by atoms with Crippen molar-refractivity contribution < 1.29 is 14.7 Å². The van der Waals surface area contributed by atoms with Gasteiger partial charge in [-0.15, -0.1) is 0 Å². The minimum atomic E-state index is -1.14. The average molecular weight is 229 g/mol. The van der Waals surface area contributed by atoms with Crippen LogP contribution in [0.5, 0.6) is 0 Å². The van der Waals surface area contributed by atoms with Gasteiger partial charge in [0.25, 0.3) is 0 Å². The third kappa shape index (κ3) is 3.83. The predicted octanol–water partition coefficient (Wildman–Crippen LogP) is 2.04. The highest BCUT2D eigenvalue weighted by Gasteiger charge is 2.35. The van der Waals surface area contributed by atoms with Crippen molar-refractivity contribution in [1.82, 2.24) is 5.32 Å². The lowest BCUT2D eigenvalue weighted by Gasteiger charge is -2.28. The lowest BCUT2D eigenvalue weighted by molar-refractivity contribution is -0.148. The van der Waals surface area contributed by atoms with Gasteiger partial charge in [0.1, 0.15) is 5.54 Å². The van der Waals surface area contributed by atoms with Crippen LogP contribution in [-0.2, 0) is 9.59 Å². The highest BCUT2D eigenvalue weighted by atomic mass is 16.4. The van der Waals surface area contributed by atoms with E-state index in [9.17, 15) is 9.59 Å². The zero-order valence-corrected chi connectivity index (χ0v) is 10.8. The Kier molecular flexibility index (Phi) is 5.48. The number of amides is 1. The van der Waals surface area contributed by atoms with Crippen molar-refractivity contribution in [2.75, 3.05) is 0 Å². The second-order valence-electron chi connectivity index (χ2n) is 4.91. The van der Waals surface area contributed by atoms with Gasteiger partial charge in [-0.1, -0.05) is 34.1 Å². The van der Waals surface area contributed by atoms with Crippen LogP contribution >= 0.6 is 0 Å². The molecule has 0 aromatic heterocycles. The van der Waals surface area contributed by atoms with E-state index in [4.69, 9.17) is 5.11 Å². The number of carboxylic acids is 1. The molecule has 0 aromatic rings. The summed E-state index contributed by atoms with van der Waals surface area (Å²) in [5, 5.41) is 11.8. The second kappa shape index (κ2) is 5.87. The summed E-state index contributed by atoms with van der Waals surface area (Å²) in [6, 6.07) is 0. The molecule has 2 atom stereocenters. The Morgan fingerprint density at radius 3 is 2.12 bits per heavy atom. The molecular formula is C12H23NO3. The Balaban J connectivity index is 4.65. The van der Waals surface area contributed by atoms with Crippen molar-refractivity contribution in [3.05, 3.63) is 0 Å². The Morgan fingerprint density at radius 2 is 1.81 bits per heavy atom. The van der Waals surface area contributed by atoms with Gasteiger partial charge in [-0.2, -0.15) is 0 Å². The molecular weight excluding hydrogens is 206 g/mol. The first-order valence-corrected chi connectivity index (χ1v) is 5.80. The van der Waals surface area contributed by atoms with Crippen molar-refractivity contribution in [3.8, 4) is 0 Å². The zero-order chi connectivity index (χ0) is 12.9. The molecule has 4 heteroatoms. The molecule has 0 aliphatic rings. The Bertz CT molecular complexity index is 263. The van der Waals surface area contributed by atoms with Gasteiger partial charge in [-0.25, -0.2) is 4.79 Å². The van der Waals surface area contributed by atoms with Gasteiger partial charge in [0.2, 0.25) is 5.91 Å². The fourth-order valence-electron chi connectivity index (χ4n) is 1.41. The van der Waals surface area contributed by atoms with Crippen LogP contribution in [0, 0.1) is 11.8 Å². The third-order valence-corrected chi connectivity index (χ3v) is 3.03. The van der Waals surface area contributed by atoms with E-state index in [1.54, 1.807) is 6.92 Å². The van der Waals surface area contributed by atoms with Gasteiger partial charge in [0, 0.05) is 5.92 Å². The van der Waals surface area contributed by atoms with E-state index in [0.717, 1.165) is 6.42 Å². The molecule has 1 amide bonds. The highest BCUT2D eigenvalue weighted by Crippen LogP contribution is 2.16. The van der Waals surface area contributed by atoms with Crippen molar-refractivity contribution in [2.24, 2.45) is 11.8 Å². The standard InChI is InChI=1S/C12H23NO3/c1-6-7-12(5,11(15)16)13-10(14)9(4)8(2)3/h8-9H,6-7H2,1-5H3,(H,13,14)(H,15,16)/t9-,12-/m0/s1. The van der Waals surface area contributed by atoms with Crippen molar-refractivity contribution in [2.45, 2.75) is 53.0 Å². The summed E-state index contributed by atoms with van der Waals surface area (Å²) in [6.45, 7) is 9.17. The molecule has 4 nitrogen and oxygen atoms in total. The second-order valence-corrected chi connectivity index (χ2v) is 4.91. The van der Waals surface area contributed by atoms with Crippen LogP contribution in [0.15, 0.2) is 0 Å². The van der Waals surface area contributed by atoms with Gasteiger partial charge < -0.3 is 10.4 Å². The number of aliphatic carboxylic acids is 1. The van der Waals surface area contributed by atoms with Crippen LogP contribution in [0.1, 0.15) is 47.5 Å². The fourth-order valence-corrected chi connectivity index (χ4v) is 1.41. The van der Waals surface area contributed by atoms with E-state index in [-0.39, 0.29) is 17.7 Å². The summed E-state index contributed by atoms with van der Waals surface area (Å²) in [7, 11) is 0. The summed E-state index contributed by atoms with van der Waals surface area (Å²) < 4.78 is 0. The summed E-state index contributed by atoms with van der Waals surface area (Å²) in [5.74, 6) is -1.12. The largest absolute Gasteiger partial charge is 0.480 e. The SMILES string of the molecule is CCC[C@](C)(NC(=O)[C@@H](C)C(C)C)C(=O)O. The summed E-state index contributed by atoms with van der Waals surface area (Å²) in [4.78, 5) is 22.9. The van der Waals surface area contributed by atoms with Gasteiger partial charge in [-0.3, -0.25) is 4.79 Å².